The monoisotopic (exact) mass is 273 g/mol. The number of nitrogens with one attached hydrogen (secondary N) is 2. The zero-order valence-corrected chi connectivity index (χ0v) is 11.6. The quantitative estimate of drug-likeness (QED) is 0.898. The predicted octanol–water partition coefficient (Wildman–Crippen LogP) is 2.47. The summed E-state index contributed by atoms with van der Waals surface area (Å²) < 4.78 is 5.55. The molecule has 1 amide bonds. The lowest BCUT2D eigenvalue weighted by molar-refractivity contribution is -0.116. The summed E-state index contributed by atoms with van der Waals surface area (Å²) in [6.45, 7) is 3.02. The van der Waals surface area contributed by atoms with E-state index in [0.29, 0.717) is 12.5 Å². The van der Waals surface area contributed by atoms with Gasteiger partial charge < -0.3 is 15.1 Å². The maximum Gasteiger partial charge on any atom is 0.225 e. The summed E-state index contributed by atoms with van der Waals surface area (Å²) in [7, 11) is 0. The maximum atomic E-state index is 12.0. The highest BCUT2D eigenvalue weighted by Gasteiger charge is 2.17. The van der Waals surface area contributed by atoms with Gasteiger partial charge in [0.2, 0.25) is 5.91 Å². The zero-order chi connectivity index (χ0) is 13.9. The molecule has 1 aromatic carbocycles. The number of carbonyl (C=O) groups is 1. The SMILES string of the molecule is CCc1nc2cc(NC(=O)CC3CCCN3)ccc2o1. The highest BCUT2D eigenvalue weighted by Crippen LogP contribution is 2.20. The molecule has 1 unspecified atom stereocenters. The van der Waals surface area contributed by atoms with Gasteiger partial charge in [-0.3, -0.25) is 4.79 Å². The van der Waals surface area contributed by atoms with E-state index < -0.39 is 0 Å². The first-order chi connectivity index (χ1) is 9.74. The van der Waals surface area contributed by atoms with Crippen molar-refractivity contribution in [1.82, 2.24) is 10.3 Å². The van der Waals surface area contributed by atoms with Gasteiger partial charge in [-0.2, -0.15) is 0 Å². The van der Waals surface area contributed by atoms with Crippen molar-refractivity contribution in [3.05, 3.63) is 24.1 Å². The number of aromatic nitrogens is 1. The molecule has 1 aromatic heterocycles. The molecule has 1 aliphatic heterocycles. The van der Waals surface area contributed by atoms with Crippen molar-refractivity contribution in [2.45, 2.75) is 38.6 Å². The summed E-state index contributed by atoms with van der Waals surface area (Å²) in [4.78, 5) is 16.3. The largest absolute Gasteiger partial charge is 0.441 e. The van der Waals surface area contributed by atoms with E-state index in [4.69, 9.17) is 4.42 Å². The van der Waals surface area contributed by atoms with Crippen LogP contribution in [0.4, 0.5) is 5.69 Å². The fourth-order valence-corrected chi connectivity index (χ4v) is 2.57. The molecule has 0 aliphatic carbocycles. The molecular weight excluding hydrogens is 254 g/mol. The van der Waals surface area contributed by atoms with Crippen LogP contribution in [0.3, 0.4) is 0 Å². The lowest BCUT2D eigenvalue weighted by atomic mass is 10.1. The Kier molecular flexibility index (Phi) is 3.69. The molecule has 2 N–H and O–H groups in total. The summed E-state index contributed by atoms with van der Waals surface area (Å²) in [5.41, 5.74) is 2.33. The second-order valence-corrected chi connectivity index (χ2v) is 5.19. The van der Waals surface area contributed by atoms with E-state index >= 15 is 0 Å². The molecule has 20 heavy (non-hydrogen) atoms. The Morgan fingerprint density at radius 3 is 3.20 bits per heavy atom. The molecule has 0 radical (unpaired) electrons. The van der Waals surface area contributed by atoms with E-state index in [2.05, 4.69) is 15.6 Å². The second-order valence-electron chi connectivity index (χ2n) is 5.19. The number of nitrogens with zero attached hydrogens (tertiary/aromatic N) is 1. The lowest BCUT2D eigenvalue weighted by Gasteiger charge is -2.10. The average Bonchev–Trinajstić information content (AvgIpc) is 3.06. The van der Waals surface area contributed by atoms with Crippen LogP contribution in [-0.4, -0.2) is 23.5 Å². The first-order valence-electron chi connectivity index (χ1n) is 7.17. The molecule has 2 heterocycles. The van der Waals surface area contributed by atoms with Crippen LogP contribution in [0, 0.1) is 0 Å². The molecular formula is C15H19N3O2. The van der Waals surface area contributed by atoms with Crippen LogP contribution in [-0.2, 0) is 11.2 Å². The Hall–Kier alpha value is -1.88. The first kappa shape index (κ1) is 13.1. The van der Waals surface area contributed by atoms with Gasteiger partial charge >= 0.3 is 0 Å². The third-order valence-electron chi connectivity index (χ3n) is 3.61. The fraction of sp³-hybridized carbons (Fsp3) is 0.467. The summed E-state index contributed by atoms with van der Waals surface area (Å²) >= 11 is 0. The molecule has 5 nitrogen and oxygen atoms in total. The third kappa shape index (κ3) is 2.82. The standard InChI is InChI=1S/C15H19N3O2/c1-2-15-18-12-8-11(5-6-13(12)20-15)17-14(19)9-10-4-3-7-16-10/h5-6,8,10,16H,2-4,7,9H2,1H3,(H,17,19). The van der Waals surface area contributed by atoms with Crippen molar-refractivity contribution in [3.63, 3.8) is 0 Å². The number of anilines is 1. The van der Waals surface area contributed by atoms with Crippen LogP contribution in [0.1, 0.15) is 32.1 Å². The maximum absolute atomic E-state index is 12.0. The van der Waals surface area contributed by atoms with Gasteiger partial charge in [0.25, 0.3) is 0 Å². The smallest absolute Gasteiger partial charge is 0.225 e. The second kappa shape index (κ2) is 5.63. The zero-order valence-electron chi connectivity index (χ0n) is 11.6. The van der Waals surface area contributed by atoms with E-state index in [1.165, 1.54) is 0 Å². The first-order valence-corrected chi connectivity index (χ1v) is 7.17. The molecule has 1 saturated heterocycles. The van der Waals surface area contributed by atoms with E-state index in [-0.39, 0.29) is 5.91 Å². The van der Waals surface area contributed by atoms with Crippen molar-refractivity contribution in [3.8, 4) is 0 Å². The van der Waals surface area contributed by atoms with Crippen LogP contribution in [0.25, 0.3) is 11.1 Å². The van der Waals surface area contributed by atoms with Crippen molar-refractivity contribution < 1.29 is 9.21 Å². The molecule has 0 bridgehead atoms. The van der Waals surface area contributed by atoms with Crippen molar-refractivity contribution in [2.24, 2.45) is 0 Å². The molecule has 0 spiro atoms. The van der Waals surface area contributed by atoms with Gasteiger partial charge in [0.05, 0.1) is 0 Å². The van der Waals surface area contributed by atoms with Gasteiger partial charge in [-0.05, 0) is 37.6 Å². The molecule has 106 valence electrons. The number of hydrogen-bond acceptors (Lipinski definition) is 4. The minimum atomic E-state index is 0.0444. The van der Waals surface area contributed by atoms with Crippen LogP contribution in [0.5, 0.6) is 0 Å². The number of carbonyl (C=O) groups excluding carboxylic acids is 1. The van der Waals surface area contributed by atoms with Crippen LogP contribution in [0.15, 0.2) is 22.6 Å². The number of oxazole rings is 1. The molecule has 5 heteroatoms. The highest BCUT2D eigenvalue weighted by atomic mass is 16.3. The fourth-order valence-electron chi connectivity index (χ4n) is 2.57. The Labute approximate surface area is 117 Å². The van der Waals surface area contributed by atoms with Crippen LogP contribution < -0.4 is 10.6 Å². The summed E-state index contributed by atoms with van der Waals surface area (Å²) in [5.74, 6) is 0.765. The molecule has 1 fully saturated rings. The molecule has 3 rings (SSSR count). The molecule has 1 aliphatic rings. The van der Waals surface area contributed by atoms with E-state index in [1.807, 2.05) is 25.1 Å². The summed E-state index contributed by atoms with van der Waals surface area (Å²) in [6, 6.07) is 5.88. The van der Waals surface area contributed by atoms with E-state index in [0.717, 1.165) is 48.5 Å². The van der Waals surface area contributed by atoms with Crippen LogP contribution in [0.2, 0.25) is 0 Å². The summed E-state index contributed by atoms with van der Waals surface area (Å²) in [5, 5.41) is 6.25. The summed E-state index contributed by atoms with van der Waals surface area (Å²) in [6.07, 6.45) is 3.53. The number of hydrogen-bond donors (Lipinski definition) is 2. The lowest BCUT2D eigenvalue weighted by Crippen LogP contribution is -2.27. The number of aryl methyl sites for hydroxylation is 1. The van der Waals surface area contributed by atoms with Gasteiger partial charge in [0, 0.05) is 24.6 Å². The number of fused-ring (bicyclic) bond motifs is 1. The van der Waals surface area contributed by atoms with Crippen molar-refractivity contribution >= 4 is 22.7 Å². The highest BCUT2D eigenvalue weighted by molar-refractivity contribution is 5.93. The predicted molar refractivity (Wildman–Crippen MR) is 77.7 cm³/mol. The van der Waals surface area contributed by atoms with Gasteiger partial charge in [-0.1, -0.05) is 6.92 Å². The van der Waals surface area contributed by atoms with E-state index in [9.17, 15) is 4.79 Å². The minimum absolute atomic E-state index is 0.0444. The Morgan fingerprint density at radius 1 is 1.55 bits per heavy atom. The van der Waals surface area contributed by atoms with E-state index in [1.54, 1.807) is 0 Å². The Balaban J connectivity index is 1.68. The van der Waals surface area contributed by atoms with Crippen molar-refractivity contribution in [2.75, 3.05) is 11.9 Å². The topological polar surface area (TPSA) is 67.2 Å². The van der Waals surface area contributed by atoms with Crippen molar-refractivity contribution in [1.29, 1.82) is 0 Å². The molecule has 2 aromatic rings. The normalized spacial score (nSPS) is 18.6. The average molecular weight is 273 g/mol. The van der Waals surface area contributed by atoms with Gasteiger partial charge in [0.1, 0.15) is 5.52 Å². The van der Waals surface area contributed by atoms with Crippen LogP contribution >= 0.6 is 0 Å². The molecule has 0 saturated carbocycles. The third-order valence-corrected chi connectivity index (χ3v) is 3.61. The van der Waals surface area contributed by atoms with Gasteiger partial charge in [-0.15, -0.1) is 0 Å². The van der Waals surface area contributed by atoms with Gasteiger partial charge in [-0.25, -0.2) is 4.98 Å². The number of benzene rings is 1. The number of amides is 1. The molecule has 1 atom stereocenters. The van der Waals surface area contributed by atoms with Gasteiger partial charge in [0.15, 0.2) is 11.5 Å². The Bertz CT molecular complexity index is 615. The Morgan fingerprint density at radius 2 is 2.45 bits per heavy atom. The number of rotatable bonds is 4. The minimum Gasteiger partial charge on any atom is -0.441 e.